The molecule has 0 saturated heterocycles. The van der Waals surface area contributed by atoms with E-state index in [9.17, 15) is 0 Å². The van der Waals surface area contributed by atoms with Gasteiger partial charge in [0.05, 0.1) is 12.0 Å². The zero-order valence-electron chi connectivity index (χ0n) is 15.0. The summed E-state index contributed by atoms with van der Waals surface area (Å²) in [6.45, 7) is 3.34. The number of thioether (sulfide) groups is 1. The van der Waals surface area contributed by atoms with Gasteiger partial charge in [-0.2, -0.15) is 11.8 Å². The quantitative estimate of drug-likeness (QED) is 0.638. The molecule has 4 nitrogen and oxygen atoms in total. The zero-order valence-corrected chi connectivity index (χ0v) is 15.8. The van der Waals surface area contributed by atoms with Gasteiger partial charge in [-0.25, -0.2) is 4.98 Å². The third-order valence-electron chi connectivity index (χ3n) is 4.67. The van der Waals surface area contributed by atoms with Gasteiger partial charge in [0, 0.05) is 29.5 Å². The monoisotopic (exact) mass is 366 g/mol. The summed E-state index contributed by atoms with van der Waals surface area (Å²) in [5.74, 6) is 1.64. The Morgan fingerprint density at radius 1 is 1.12 bits per heavy atom. The average molecular weight is 366 g/mol. The molecule has 0 bridgehead atoms. The summed E-state index contributed by atoms with van der Waals surface area (Å²) in [5, 5.41) is 0.532. The van der Waals surface area contributed by atoms with Crippen molar-refractivity contribution >= 4 is 11.8 Å². The van der Waals surface area contributed by atoms with Crippen molar-refractivity contribution in [2.45, 2.75) is 25.1 Å². The first-order valence-electron chi connectivity index (χ1n) is 8.75. The molecular weight excluding hydrogens is 344 g/mol. The van der Waals surface area contributed by atoms with Gasteiger partial charge in [-0.15, -0.1) is 0 Å². The second-order valence-corrected chi connectivity index (χ2v) is 7.75. The van der Waals surface area contributed by atoms with Crippen molar-refractivity contribution in [2.24, 2.45) is 0 Å². The number of fused-ring (bicyclic) bond motifs is 1. The minimum atomic E-state index is 0.304. The van der Waals surface area contributed by atoms with E-state index in [4.69, 9.17) is 14.5 Å². The van der Waals surface area contributed by atoms with Crippen LogP contribution in [-0.2, 0) is 13.0 Å². The van der Waals surface area contributed by atoms with Crippen LogP contribution in [0.25, 0.3) is 11.3 Å². The highest BCUT2D eigenvalue weighted by atomic mass is 32.2. The fourth-order valence-electron chi connectivity index (χ4n) is 3.19. The van der Waals surface area contributed by atoms with E-state index in [0.29, 0.717) is 12.0 Å². The van der Waals surface area contributed by atoms with Gasteiger partial charge in [0.2, 0.25) is 6.79 Å². The topological polar surface area (TPSA) is 36.3 Å². The predicted molar refractivity (Wildman–Crippen MR) is 106 cm³/mol. The third-order valence-corrected chi connectivity index (χ3v) is 5.64. The molecule has 26 heavy (non-hydrogen) atoms. The molecule has 0 spiro atoms. The lowest BCUT2D eigenvalue weighted by molar-refractivity contribution is 0.174. The van der Waals surface area contributed by atoms with Crippen molar-refractivity contribution in [3.05, 3.63) is 66.1 Å². The molecule has 0 fully saturated rings. The molecule has 134 valence electrons. The molecule has 1 aliphatic rings. The highest BCUT2D eigenvalue weighted by Gasteiger charge is 2.17. The van der Waals surface area contributed by atoms with E-state index in [1.165, 1.54) is 16.8 Å². The molecule has 0 aliphatic carbocycles. The molecule has 5 heteroatoms. The van der Waals surface area contributed by atoms with Crippen LogP contribution in [-0.4, -0.2) is 27.8 Å². The van der Waals surface area contributed by atoms with E-state index in [0.717, 1.165) is 30.2 Å². The molecule has 0 unspecified atom stereocenters. The summed E-state index contributed by atoms with van der Waals surface area (Å²) in [6, 6.07) is 16.6. The highest BCUT2D eigenvalue weighted by Crippen LogP contribution is 2.33. The van der Waals surface area contributed by atoms with Crippen molar-refractivity contribution < 1.29 is 9.47 Å². The van der Waals surface area contributed by atoms with Gasteiger partial charge >= 0.3 is 0 Å². The lowest BCUT2D eigenvalue weighted by Gasteiger charge is -2.14. The number of ether oxygens (including phenoxy) is 2. The fraction of sp³-hybridized carbons (Fsp3) is 0.286. The molecule has 1 aliphatic heterocycles. The maximum absolute atomic E-state index is 5.51. The van der Waals surface area contributed by atoms with Crippen molar-refractivity contribution in [3.63, 3.8) is 0 Å². The predicted octanol–water partition coefficient (Wildman–Crippen LogP) is 4.62. The van der Waals surface area contributed by atoms with E-state index < -0.39 is 0 Å². The van der Waals surface area contributed by atoms with Crippen molar-refractivity contribution in [1.82, 2.24) is 9.55 Å². The van der Waals surface area contributed by atoms with Crippen LogP contribution < -0.4 is 9.47 Å². The normalized spacial score (nSPS) is 13.8. The molecule has 2 aromatic carbocycles. The third kappa shape index (κ3) is 3.44. The average Bonchev–Trinajstić information content (AvgIpc) is 3.29. The van der Waals surface area contributed by atoms with Gasteiger partial charge in [-0.1, -0.05) is 43.3 Å². The summed E-state index contributed by atoms with van der Waals surface area (Å²) >= 11 is 1.88. The molecule has 0 amide bonds. The van der Waals surface area contributed by atoms with Gasteiger partial charge in [-0.3, -0.25) is 0 Å². The van der Waals surface area contributed by atoms with Crippen LogP contribution in [0.5, 0.6) is 11.5 Å². The Bertz CT molecular complexity index is 892. The second kappa shape index (κ2) is 7.46. The largest absolute Gasteiger partial charge is 0.454 e. The lowest BCUT2D eigenvalue weighted by Crippen LogP contribution is -2.10. The van der Waals surface area contributed by atoms with Crippen LogP contribution in [0.4, 0.5) is 0 Å². The Kier molecular flexibility index (Phi) is 4.89. The number of imidazole rings is 1. The SMILES string of the molecule is CS[C@@H](C)Cc1c(-c2ccccc2)ncn1Cc1ccc2c(c1)OCO2. The Balaban J connectivity index is 1.68. The Hall–Kier alpha value is -2.40. The van der Waals surface area contributed by atoms with E-state index in [-0.39, 0.29) is 0 Å². The summed E-state index contributed by atoms with van der Waals surface area (Å²) < 4.78 is 13.2. The maximum atomic E-state index is 5.51. The lowest BCUT2D eigenvalue weighted by atomic mass is 10.1. The second-order valence-electron chi connectivity index (χ2n) is 6.47. The molecule has 4 rings (SSSR count). The van der Waals surface area contributed by atoms with Crippen LogP contribution in [0, 0.1) is 0 Å². The van der Waals surface area contributed by atoms with Crippen LogP contribution in [0.15, 0.2) is 54.9 Å². The van der Waals surface area contributed by atoms with E-state index in [2.05, 4.69) is 54.1 Å². The molecule has 0 saturated carbocycles. The van der Waals surface area contributed by atoms with Crippen molar-refractivity contribution in [2.75, 3.05) is 13.0 Å². The minimum absolute atomic E-state index is 0.304. The zero-order chi connectivity index (χ0) is 17.9. The standard InChI is InChI=1S/C21H22N2O2S/c1-15(26-2)10-18-21(17-6-4-3-5-7-17)22-13-23(18)12-16-8-9-19-20(11-16)25-14-24-19/h3-9,11,13,15H,10,12,14H2,1-2H3/t15-/m0/s1. The molecule has 3 aromatic rings. The summed E-state index contributed by atoms with van der Waals surface area (Å²) in [7, 11) is 0. The van der Waals surface area contributed by atoms with Gasteiger partial charge < -0.3 is 14.0 Å². The van der Waals surface area contributed by atoms with Crippen LogP contribution in [0.2, 0.25) is 0 Å². The first kappa shape index (κ1) is 17.0. The number of hydrogen-bond acceptors (Lipinski definition) is 4. The van der Waals surface area contributed by atoms with E-state index in [1.807, 2.05) is 30.2 Å². The summed E-state index contributed by atoms with van der Waals surface area (Å²) in [5.41, 5.74) is 4.70. The highest BCUT2D eigenvalue weighted by molar-refractivity contribution is 7.99. The van der Waals surface area contributed by atoms with Crippen molar-refractivity contribution in [1.29, 1.82) is 0 Å². The molecule has 0 radical (unpaired) electrons. The fourth-order valence-corrected chi connectivity index (χ4v) is 3.51. The number of aromatic nitrogens is 2. The summed E-state index contributed by atoms with van der Waals surface area (Å²) in [4.78, 5) is 4.74. The van der Waals surface area contributed by atoms with Crippen LogP contribution in [0.1, 0.15) is 18.2 Å². The maximum Gasteiger partial charge on any atom is 0.231 e. The Labute approximate surface area is 158 Å². The molecule has 0 N–H and O–H groups in total. The van der Waals surface area contributed by atoms with Gasteiger partial charge in [0.25, 0.3) is 0 Å². The summed E-state index contributed by atoms with van der Waals surface area (Å²) in [6.07, 6.45) is 5.09. The van der Waals surface area contributed by atoms with E-state index >= 15 is 0 Å². The molecule has 2 heterocycles. The van der Waals surface area contributed by atoms with Gasteiger partial charge in [0.1, 0.15) is 0 Å². The molecule has 1 atom stereocenters. The first-order chi connectivity index (χ1) is 12.7. The number of hydrogen-bond donors (Lipinski definition) is 0. The smallest absolute Gasteiger partial charge is 0.231 e. The first-order valence-corrected chi connectivity index (χ1v) is 10.0. The number of rotatable bonds is 6. The van der Waals surface area contributed by atoms with Crippen LogP contribution >= 0.6 is 11.8 Å². The van der Waals surface area contributed by atoms with Gasteiger partial charge in [0.15, 0.2) is 11.5 Å². The van der Waals surface area contributed by atoms with E-state index in [1.54, 1.807) is 0 Å². The van der Waals surface area contributed by atoms with Crippen molar-refractivity contribution in [3.8, 4) is 22.8 Å². The Morgan fingerprint density at radius 3 is 2.73 bits per heavy atom. The Morgan fingerprint density at radius 2 is 1.92 bits per heavy atom. The van der Waals surface area contributed by atoms with Crippen LogP contribution in [0.3, 0.4) is 0 Å². The van der Waals surface area contributed by atoms with Gasteiger partial charge in [-0.05, 0) is 24.0 Å². The minimum Gasteiger partial charge on any atom is -0.454 e. The molecular formula is C21H22N2O2S. The number of nitrogens with zero attached hydrogens (tertiary/aromatic N) is 2. The molecule has 1 aromatic heterocycles. The number of benzene rings is 2.